The predicted molar refractivity (Wildman–Crippen MR) is 257 cm³/mol. The summed E-state index contributed by atoms with van der Waals surface area (Å²) in [5, 5.41) is 14.9. The molecular formula is C55H31N3S2. The lowest BCUT2D eigenvalue weighted by Gasteiger charge is -2.18. The number of rotatable bonds is 4. The molecule has 0 radical (unpaired) electrons. The van der Waals surface area contributed by atoms with E-state index in [9.17, 15) is 0 Å². The van der Waals surface area contributed by atoms with Crippen LogP contribution in [-0.4, -0.2) is 15.0 Å². The van der Waals surface area contributed by atoms with Gasteiger partial charge in [0.05, 0.1) is 0 Å². The molecule has 278 valence electrons. The minimum atomic E-state index is 0.642. The highest BCUT2D eigenvalue weighted by Gasteiger charge is 2.21. The van der Waals surface area contributed by atoms with Gasteiger partial charge >= 0.3 is 0 Å². The van der Waals surface area contributed by atoms with E-state index in [0.29, 0.717) is 17.5 Å². The molecular weight excluding hydrogens is 767 g/mol. The Balaban J connectivity index is 1.08. The fraction of sp³-hybridized carbons (Fsp3) is 0. The lowest BCUT2D eigenvalue weighted by molar-refractivity contribution is 1.08. The monoisotopic (exact) mass is 797 g/mol. The fourth-order valence-corrected chi connectivity index (χ4v) is 11.6. The minimum absolute atomic E-state index is 0.642. The number of aromatic nitrogens is 3. The van der Waals surface area contributed by atoms with E-state index in [1.165, 1.54) is 83.4 Å². The SMILES string of the molecule is c1ccc(-c2cc3c4ccccc4c4ccccc4c3c3ccccc23)c(-c2nc(-c3ccc4sc5ccccc5c4c3)nc(-c3ccc4sc5ccccc5c4c3)n2)c1. The van der Waals surface area contributed by atoms with Crippen molar-refractivity contribution in [3.05, 3.63) is 188 Å². The van der Waals surface area contributed by atoms with Gasteiger partial charge in [0.15, 0.2) is 17.5 Å². The molecule has 10 aromatic carbocycles. The number of fused-ring (bicyclic) bond motifs is 14. The molecule has 3 aromatic heterocycles. The third-order valence-corrected chi connectivity index (χ3v) is 14.4. The van der Waals surface area contributed by atoms with Crippen molar-refractivity contribution in [2.75, 3.05) is 0 Å². The Bertz CT molecular complexity index is 3780. The molecule has 0 N–H and O–H groups in total. The van der Waals surface area contributed by atoms with E-state index >= 15 is 0 Å². The second-order valence-corrected chi connectivity index (χ2v) is 17.6. The van der Waals surface area contributed by atoms with Gasteiger partial charge in [-0.05, 0) is 109 Å². The van der Waals surface area contributed by atoms with Crippen molar-refractivity contribution in [1.29, 1.82) is 0 Å². The van der Waals surface area contributed by atoms with Crippen LogP contribution in [0.1, 0.15) is 0 Å². The van der Waals surface area contributed by atoms with Crippen LogP contribution in [0.25, 0.3) is 129 Å². The Morgan fingerprint density at radius 2 is 0.650 bits per heavy atom. The number of hydrogen-bond donors (Lipinski definition) is 0. The van der Waals surface area contributed by atoms with Gasteiger partial charge in [0, 0.05) is 57.0 Å². The summed E-state index contributed by atoms with van der Waals surface area (Å²) in [5.74, 6) is 1.94. The van der Waals surface area contributed by atoms with E-state index in [-0.39, 0.29) is 0 Å². The Labute approximate surface area is 352 Å². The predicted octanol–water partition coefficient (Wildman–Crippen LogP) is 15.9. The molecule has 0 unspecified atom stereocenters. The standard InChI is InChI=1S/C55H31N3S2/c1-2-15-36-34(13-1)35-14-3-6-20-41(35)52-42-21-7-4-16-37(42)44(31-47(36)52)38-17-5-8-22-43(38)55-57-53(32-25-27-50-45(29-32)39-18-9-11-23-48(39)59-50)56-54(58-55)33-26-28-51-46(30-33)40-19-10-12-24-49(40)60-51/h1-31H. The maximum absolute atomic E-state index is 5.38. The van der Waals surface area contributed by atoms with E-state index in [1.54, 1.807) is 0 Å². The van der Waals surface area contributed by atoms with Crippen LogP contribution in [-0.2, 0) is 0 Å². The van der Waals surface area contributed by atoms with Crippen LogP contribution in [0.15, 0.2) is 188 Å². The van der Waals surface area contributed by atoms with Crippen molar-refractivity contribution in [3.8, 4) is 45.3 Å². The molecule has 13 aromatic rings. The van der Waals surface area contributed by atoms with Crippen LogP contribution < -0.4 is 0 Å². The average Bonchev–Trinajstić information content (AvgIpc) is 3.89. The average molecular weight is 798 g/mol. The summed E-state index contributed by atoms with van der Waals surface area (Å²) in [7, 11) is 0. The first kappa shape index (κ1) is 33.6. The van der Waals surface area contributed by atoms with Crippen LogP contribution in [0, 0.1) is 0 Å². The third-order valence-electron chi connectivity index (χ3n) is 12.1. The summed E-state index contributed by atoms with van der Waals surface area (Å²) < 4.78 is 5.04. The molecule has 3 nitrogen and oxygen atoms in total. The van der Waals surface area contributed by atoms with Crippen LogP contribution in [0.2, 0.25) is 0 Å². The first-order chi connectivity index (χ1) is 29.7. The lowest BCUT2D eigenvalue weighted by Crippen LogP contribution is -2.01. The van der Waals surface area contributed by atoms with Crippen molar-refractivity contribution < 1.29 is 0 Å². The Kier molecular flexibility index (Phi) is 7.35. The first-order valence-electron chi connectivity index (χ1n) is 20.2. The highest BCUT2D eigenvalue weighted by molar-refractivity contribution is 7.26. The van der Waals surface area contributed by atoms with E-state index in [0.717, 1.165) is 27.8 Å². The van der Waals surface area contributed by atoms with E-state index < -0.39 is 0 Å². The maximum Gasteiger partial charge on any atom is 0.164 e. The molecule has 60 heavy (non-hydrogen) atoms. The van der Waals surface area contributed by atoms with Crippen molar-refractivity contribution in [2.24, 2.45) is 0 Å². The summed E-state index contributed by atoms with van der Waals surface area (Å²) in [6.07, 6.45) is 0. The molecule has 0 atom stereocenters. The molecule has 0 amide bonds. The van der Waals surface area contributed by atoms with Crippen molar-refractivity contribution >= 4 is 106 Å². The van der Waals surface area contributed by atoms with Crippen LogP contribution >= 0.6 is 22.7 Å². The van der Waals surface area contributed by atoms with Crippen molar-refractivity contribution in [2.45, 2.75) is 0 Å². The number of benzene rings is 10. The Morgan fingerprint density at radius 3 is 1.23 bits per heavy atom. The van der Waals surface area contributed by atoms with Crippen LogP contribution in [0.4, 0.5) is 0 Å². The molecule has 3 heterocycles. The Hall–Kier alpha value is -7.31. The molecule has 0 fully saturated rings. The van der Waals surface area contributed by atoms with Crippen LogP contribution in [0.3, 0.4) is 0 Å². The zero-order chi connectivity index (χ0) is 39.3. The van der Waals surface area contributed by atoms with Gasteiger partial charge in [0.2, 0.25) is 0 Å². The largest absolute Gasteiger partial charge is 0.208 e. The number of thiophene rings is 2. The summed E-state index contributed by atoms with van der Waals surface area (Å²) in [6.45, 7) is 0. The molecule has 0 aliphatic rings. The zero-order valence-electron chi connectivity index (χ0n) is 32.1. The lowest BCUT2D eigenvalue weighted by atomic mass is 9.86. The van der Waals surface area contributed by atoms with E-state index in [1.807, 2.05) is 22.7 Å². The van der Waals surface area contributed by atoms with Gasteiger partial charge in [-0.15, -0.1) is 22.7 Å². The van der Waals surface area contributed by atoms with Gasteiger partial charge < -0.3 is 0 Å². The molecule has 0 aliphatic heterocycles. The number of nitrogens with zero attached hydrogens (tertiary/aromatic N) is 3. The van der Waals surface area contributed by atoms with Crippen molar-refractivity contribution in [1.82, 2.24) is 15.0 Å². The molecule has 0 bridgehead atoms. The molecule has 13 rings (SSSR count). The number of hydrogen-bond acceptors (Lipinski definition) is 5. The highest BCUT2D eigenvalue weighted by Crippen LogP contribution is 2.45. The van der Waals surface area contributed by atoms with E-state index in [2.05, 4.69) is 188 Å². The highest BCUT2D eigenvalue weighted by atomic mass is 32.1. The zero-order valence-corrected chi connectivity index (χ0v) is 33.7. The second-order valence-electron chi connectivity index (χ2n) is 15.5. The fourth-order valence-electron chi connectivity index (χ4n) is 9.39. The van der Waals surface area contributed by atoms with Gasteiger partial charge in [0.1, 0.15) is 0 Å². The molecule has 0 aliphatic carbocycles. The van der Waals surface area contributed by atoms with Crippen molar-refractivity contribution in [3.63, 3.8) is 0 Å². The van der Waals surface area contributed by atoms with Gasteiger partial charge in [-0.25, -0.2) is 15.0 Å². The third kappa shape index (κ3) is 5.10. The Morgan fingerprint density at radius 1 is 0.250 bits per heavy atom. The minimum Gasteiger partial charge on any atom is -0.208 e. The summed E-state index contributed by atoms with van der Waals surface area (Å²) in [4.78, 5) is 16.0. The van der Waals surface area contributed by atoms with Gasteiger partial charge in [-0.3, -0.25) is 0 Å². The summed E-state index contributed by atoms with van der Waals surface area (Å²) in [5.41, 5.74) is 5.11. The quantitative estimate of drug-likeness (QED) is 0.167. The molecule has 0 saturated carbocycles. The first-order valence-corrected chi connectivity index (χ1v) is 21.8. The topological polar surface area (TPSA) is 38.7 Å². The smallest absolute Gasteiger partial charge is 0.164 e. The summed E-state index contributed by atoms with van der Waals surface area (Å²) >= 11 is 3.64. The second kappa shape index (κ2) is 13.1. The van der Waals surface area contributed by atoms with Crippen LogP contribution in [0.5, 0.6) is 0 Å². The normalized spacial score (nSPS) is 12.0. The van der Waals surface area contributed by atoms with Gasteiger partial charge in [-0.2, -0.15) is 0 Å². The molecule has 0 saturated heterocycles. The van der Waals surface area contributed by atoms with Gasteiger partial charge in [-0.1, -0.05) is 133 Å². The maximum atomic E-state index is 5.38. The molecule has 5 heteroatoms. The van der Waals surface area contributed by atoms with Gasteiger partial charge in [0.25, 0.3) is 0 Å². The summed E-state index contributed by atoms with van der Waals surface area (Å²) in [6, 6.07) is 68.0. The molecule has 0 spiro atoms. The van der Waals surface area contributed by atoms with E-state index in [4.69, 9.17) is 15.0 Å².